The van der Waals surface area contributed by atoms with E-state index in [9.17, 15) is 10.4 Å². The van der Waals surface area contributed by atoms with Crippen LogP contribution in [0.5, 0.6) is 11.6 Å². The molecule has 49 heavy (non-hydrogen) atoms. The molecule has 3 aromatic heterocycles. The van der Waals surface area contributed by atoms with Gasteiger partial charge in [-0.05, 0) is 78.0 Å². The zero-order valence-corrected chi connectivity index (χ0v) is 28.9. The standard InChI is InChI=1S/C35H46N10O4/c1-23-16-43(17-24(2)48-23)29-8-10-30(11-9-29)45-19-31(33(42-45)47-20-35(4,5)46)41-34-38-14-28(15-39-34)26-6-7-27(13-36)32(12-26)49-25(3)18-44-22-37-21-40-44/h6-7,12,14-15,19,21-25,29-30,46H,8-11,16-18,20H2,1-5H3,(H,38,39,41)/t23-,24+,25-,29-,30-/m0/s1. The van der Waals surface area contributed by atoms with Gasteiger partial charge < -0.3 is 24.6 Å². The third-order valence-electron chi connectivity index (χ3n) is 8.84. The lowest BCUT2D eigenvalue weighted by molar-refractivity contribution is -0.0852. The first-order chi connectivity index (χ1) is 23.5. The summed E-state index contributed by atoms with van der Waals surface area (Å²) in [7, 11) is 0. The van der Waals surface area contributed by atoms with Crippen molar-refractivity contribution >= 4 is 11.6 Å². The number of morpholine rings is 1. The minimum atomic E-state index is -1.03. The normalized spacial score (nSPS) is 22.3. The molecule has 0 radical (unpaired) electrons. The van der Waals surface area contributed by atoms with E-state index in [0.717, 1.165) is 49.9 Å². The number of aromatic nitrogens is 7. The van der Waals surface area contributed by atoms with Crippen LogP contribution in [0.2, 0.25) is 0 Å². The van der Waals surface area contributed by atoms with Gasteiger partial charge in [0.15, 0.2) is 0 Å². The quantitative estimate of drug-likeness (QED) is 0.213. The Kier molecular flexibility index (Phi) is 10.4. The van der Waals surface area contributed by atoms with Crippen molar-refractivity contribution in [3.05, 3.63) is 55.0 Å². The molecule has 0 amide bonds. The Labute approximate surface area is 287 Å². The molecule has 14 nitrogen and oxygen atoms in total. The molecule has 2 N–H and O–H groups in total. The summed E-state index contributed by atoms with van der Waals surface area (Å²) >= 11 is 0. The monoisotopic (exact) mass is 670 g/mol. The summed E-state index contributed by atoms with van der Waals surface area (Å²) in [5.74, 6) is 1.24. The number of anilines is 2. The largest absolute Gasteiger partial charge is 0.487 e. The number of nitrogens with zero attached hydrogens (tertiary/aromatic N) is 9. The predicted octanol–water partition coefficient (Wildman–Crippen LogP) is 4.76. The van der Waals surface area contributed by atoms with Gasteiger partial charge in [-0.2, -0.15) is 10.4 Å². The van der Waals surface area contributed by atoms with E-state index >= 15 is 0 Å². The van der Waals surface area contributed by atoms with Crippen molar-refractivity contribution < 1.29 is 19.3 Å². The first-order valence-electron chi connectivity index (χ1n) is 17.0. The van der Waals surface area contributed by atoms with E-state index in [1.807, 2.05) is 29.9 Å². The van der Waals surface area contributed by atoms with Crippen LogP contribution in [0.1, 0.15) is 71.9 Å². The maximum atomic E-state index is 10.4. The van der Waals surface area contributed by atoms with E-state index in [1.54, 1.807) is 43.3 Å². The minimum Gasteiger partial charge on any atom is -0.487 e. The smallest absolute Gasteiger partial charge is 0.257 e. The third-order valence-corrected chi connectivity index (χ3v) is 8.84. The Balaban J connectivity index is 1.14. The number of benzene rings is 1. The number of nitriles is 1. The van der Waals surface area contributed by atoms with Gasteiger partial charge in [-0.25, -0.2) is 19.6 Å². The molecule has 1 aliphatic heterocycles. The second-order valence-corrected chi connectivity index (χ2v) is 13.9. The first kappa shape index (κ1) is 34.3. The second-order valence-electron chi connectivity index (χ2n) is 13.9. The Morgan fingerprint density at radius 2 is 1.80 bits per heavy atom. The van der Waals surface area contributed by atoms with E-state index in [-0.39, 0.29) is 31.0 Å². The van der Waals surface area contributed by atoms with Crippen LogP contribution in [-0.4, -0.2) is 94.2 Å². The molecule has 0 bridgehead atoms. The summed E-state index contributed by atoms with van der Waals surface area (Å²) in [6.45, 7) is 12.2. The number of aliphatic hydroxyl groups is 1. The summed E-state index contributed by atoms with van der Waals surface area (Å²) in [4.78, 5) is 15.7. The number of hydrogen-bond acceptors (Lipinski definition) is 12. The number of rotatable bonds is 12. The van der Waals surface area contributed by atoms with Gasteiger partial charge in [-0.3, -0.25) is 9.58 Å². The lowest BCUT2D eigenvalue weighted by Gasteiger charge is -2.42. The van der Waals surface area contributed by atoms with Gasteiger partial charge in [-0.1, -0.05) is 6.07 Å². The lowest BCUT2D eigenvalue weighted by atomic mass is 9.89. The van der Waals surface area contributed by atoms with Crippen LogP contribution in [0.25, 0.3) is 11.1 Å². The highest BCUT2D eigenvalue weighted by Crippen LogP contribution is 2.36. The summed E-state index contributed by atoms with van der Waals surface area (Å²) in [6, 6.07) is 8.40. The Bertz CT molecular complexity index is 1700. The van der Waals surface area contributed by atoms with Crippen molar-refractivity contribution in [3.63, 3.8) is 0 Å². The van der Waals surface area contributed by atoms with Gasteiger partial charge in [0, 0.05) is 37.1 Å². The molecule has 2 fully saturated rings. The number of nitrogens with one attached hydrogen (secondary N) is 1. The average Bonchev–Trinajstić information content (AvgIpc) is 3.73. The minimum absolute atomic E-state index is 0.0825. The molecule has 14 heteroatoms. The van der Waals surface area contributed by atoms with E-state index in [2.05, 4.69) is 50.2 Å². The summed E-state index contributed by atoms with van der Waals surface area (Å²) in [6.07, 6.45) is 13.0. The molecule has 6 rings (SSSR count). The van der Waals surface area contributed by atoms with Gasteiger partial charge in [0.2, 0.25) is 5.95 Å². The summed E-state index contributed by atoms with van der Waals surface area (Å²) in [5, 5.41) is 32.2. The molecule has 4 aromatic rings. The molecule has 1 saturated heterocycles. The van der Waals surface area contributed by atoms with E-state index in [1.165, 1.54) is 6.33 Å². The van der Waals surface area contributed by atoms with E-state index < -0.39 is 5.60 Å². The van der Waals surface area contributed by atoms with Crippen molar-refractivity contribution in [1.29, 1.82) is 5.26 Å². The van der Waals surface area contributed by atoms with Crippen molar-refractivity contribution in [3.8, 4) is 28.8 Å². The maximum absolute atomic E-state index is 10.4. The number of ether oxygens (including phenoxy) is 3. The van der Waals surface area contributed by atoms with Gasteiger partial charge in [-0.15, -0.1) is 5.10 Å². The van der Waals surface area contributed by atoms with Crippen LogP contribution in [0, 0.1) is 11.3 Å². The molecule has 2 aliphatic rings. The third kappa shape index (κ3) is 8.91. The van der Waals surface area contributed by atoms with Crippen LogP contribution in [0.4, 0.5) is 11.6 Å². The highest BCUT2D eigenvalue weighted by atomic mass is 16.5. The van der Waals surface area contributed by atoms with Crippen LogP contribution in [0.15, 0.2) is 49.4 Å². The highest BCUT2D eigenvalue weighted by Gasteiger charge is 2.32. The molecular formula is C35H46N10O4. The topological polar surface area (TPSA) is 161 Å². The molecule has 3 atom stereocenters. The molecule has 1 aliphatic carbocycles. The Hall–Kier alpha value is -4.58. The van der Waals surface area contributed by atoms with Crippen LogP contribution in [-0.2, 0) is 11.3 Å². The van der Waals surface area contributed by atoms with Crippen LogP contribution in [0.3, 0.4) is 0 Å². The molecule has 0 unspecified atom stereocenters. The Morgan fingerprint density at radius 3 is 2.45 bits per heavy atom. The van der Waals surface area contributed by atoms with Crippen molar-refractivity contribution in [2.24, 2.45) is 0 Å². The maximum Gasteiger partial charge on any atom is 0.257 e. The fourth-order valence-electron chi connectivity index (χ4n) is 6.60. The fraction of sp³-hybridized carbons (Fsp3) is 0.543. The van der Waals surface area contributed by atoms with Gasteiger partial charge in [0.25, 0.3) is 5.88 Å². The zero-order chi connectivity index (χ0) is 34.5. The molecule has 260 valence electrons. The van der Waals surface area contributed by atoms with Crippen LogP contribution >= 0.6 is 0 Å². The lowest BCUT2D eigenvalue weighted by Crippen LogP contribution is -2.51. The van der Waals surface area contributed by atoms with E-state index in [0.29, 0.717) is 41.4 Å². The van der Waals surface area contributed by atoms with Crippen molar-refractivity contribution in [2.45, 2.75) is 103 Å². The van der Waals surface area contributed by atoms with E-state index in [4.69, 9.17) is 19.3 Å². The summed E-state index contributed by atoms with van der Waals surface area (Å²) < 4.78 is 21.7. The first-order valence-corrected chi connectivity index (χ1v) is 17.0. The summed E-state index contributed by atoms with van der Waals surface area (Å²) in [5.41, 5.74) is 1.61. The molecular weight excluding hydrogens is 624 g/mol. The fourth-order valence-corrected chi connectivity index (χ4v) is 6.60. The van der Waals surface area contributed by atoms with Gasteiger partial charge >= 0.3 is 0 Å². The Morgan fingerprint density at radius 1 is 1.08 bits per heavy atom. The second kappa shape index (κ2) is 14.9. The predicted molar refractivity (Wildman–Crippen MR) is 182 cm³/mol. The zero-order valence-electron chi connectivity index (χ0n) is 28.9. The average molecular weight is 671 g/mol. The van der Waals surface area contributed by atoms with Crippen molar-refractivity contribution in [2.75, 3.05) is 25.0 Å². The van der Waals surface area contributed by atoms with Gasteiger partial charge in [0.05, 0.1) is 42.2 Å². The van der Waals surface area contributed by atoms with Crippen molar-refractivity contribution in [1.82, 2.24) is 39.4 Å². The molecule has 1 aromatic carbocycles. The molecule has 4 heterocycles. The SMILES string of the molecule is C[C@@H]1CN([C@H]2CC[C@H](n3cc(Nc4ncc(-c5ccc(C#N)c(O[C@@H](C)Cn6cncn6)c5)cn4)c(OCC(C)(C)O)n3)CC2)C[C@H](C)O1. The van der Waals surface area contributed by atoms with Gasteiger partial charge in [0.1, 0.15) is 42.9 Å². The molecule has 0 spiro atoms. The highest BCUT2D eigenvalue weighted by molar-refractivity contribution is 5.67. The van der Waals surface area contributed by atoms with Crippen LogP contribution < -0.4 is 14.8 Å². The molecule has 1 saturated carbocycles. The number of hydrogen-bond donors (Lipinski definition) is 2.